The third-order valence-corrected chi connectivity index (χ3v) is 5.71. The van der Waals surface area contributed by atoms with Crippen LogP contribution in [0.3, 0.4) is 0 Å². The quantitative estimate of drug-likeness (QED) is 0.884. The lowest BCUT2D eigenvalue weighted by Gasteiger charge is -2.38. The van der Waals surface area contributed by atoms with Crippen LogP contribution in [0.15, 0.2) is 29.2 Å². The predicted octanol–water partition coefficient (Wildman–Crippen LogP) is 1.74. The van der Waals surface area contributed by atoms with Crippen molar-refractivity contribution >= 4 is 39.8 Å². The first-order chi connectivity index (χ1) is 9.81. The molecule has 0 aliphatic carbocycles. The zero-order valence-corrected chi connectivity index (χ0v) is 14.8. The Balaban J connectivity index is 0.00000242. The highest BCUT2D eigenvalue weighted by molar-refractivity contribution is 7.92. The fourth-order valence-corrected chi connectivity index (χ4v) is 3.71. The fraction of sp³-hybridized carbons (Fsp3) is 0.500. The van der Waals surface area contributed by atoms with Crippen molar-refractivity contribution in [2.45, 2.75) is 30.8 Å². The first-order valence-electron chi connectivity index (χ1n) is 6.82. The molecule has 1 aliphatic heterocycles. The van der Waals surface area contributed by atoms with Gasteiger partial charge in [0.25, 0.3) is 0 Å². The molecule has 2 atom stereocenters. The van der Waals surface area contributed by atoms with Crippen molar-refractivity contribution in [3.05, 3.63) is 29.3 Å². The first-order valence-corrected chi connectivity index (χ1v) is 8.85. The van der Waals surface area contributed by atoms with Crippen LogP contribution in [-0.2, 0) is 14.6 Å². The molecule has 0 aromatic heterocycles. The number of carbonyl (C=O) groups excluding carboxylic acids is 1. The third kappa shape index (κ3) is 4.35. The van der Waals surface area contributed by atoms with Crippen molar-refractivity contribution in [2.24, 2.45) is 0 Å². The summed E-state index contributed by atoms with van der Waals surface area (Å²) in [7, 11) is -3.64. The summed E-state index contributed by atoms with van der Waals surface area (Å²) >= 11 is 5.75. The molecule has 8 heteroatoms. The van der Waals surface area contributed by atoms with E-state index in [0.29, 0.717) is 18.1 Å². The fourth-order valence-electron chi connectivity index (χ4n) is 2.38. The summed E-state index contributed by atoms with van der Waals surface area (Å²) in [5.41, 5.74) is 0. The number of halogens is 2. The number of amides is 1. The van der Waals surface area contributed by atoms with Gasteiger partial charge in [0.15, 0.2) is 9.84 Å². The molecule has 0 bridgehead atoms. The van der Waals surface area contributed by atoms with Crippen LogP contribution >= 0.6 is 24.0 Å². The minimum absolute atomic E-state index is 0. The average molecular weight is 367 g/mol. The van der Waals surface area contributed by atoms with Gasteiger partial charge in [0, 0.05) is 30.2 Å². The molecular formula is C14H20Cl2N2O3S. The Morgan fingerprint density at radius 1 is 1.32 bits per heavy atom. The van der Waals surface area contributed by atoms with Crippen molar-refractivity contribution in [1.29, 1.82) is 0 Å². The Labute approximate surface area is 142 Å². The largest absolute Gasteiger partial charge is 0.336 e. The second-order valence-corrected chi connectivity index (χ2v) is 7.71. The molecule has 2 unspecified atom stereocenters. The maximum Gasteiger partial charge on any atom is 0.238 e. The molecule has 1 aromatic carbocycles. The molecule has 1 N–H and O–H groups in total. The van der Waals surface area contributed by atoms with Gasteiger partial charge in [-0.15, -0.1) is 12.4 Å². The van der Waals surface area contributed by atoms with E-state index in [1.54, 1.807) is 4.90 Å². The van der Waals surface area contributed by atoms with Crippen LogP contribution in [0.5, 0.6) is 0 Å². The highest BCUT2D eigenvalue weighted by Crippen LogP contribution is 2.17. The van der Waals surface area contributed by atoms with E-state index in [4.69, 9.17) is 11.6 Å². The topological polar surface area (TPSA) is 66.5 Å². The van der Waals surface area contributed by atoms with Crippen LogP contribution < -0.4 is 5.32 Å². The third-order valence-electron chi connectivity index (χ3n) is 3.84. The van der Waals surface area contributed by atoms with Gasteiger partial charge < -0.3 is 10.2 Å². The van der Waals surface area contributed by atoms with Gasteiger partial charge >= 0.3 is 0 Å². The molecule has 2 rings (SSSR count). The minimum atomic E-state index is -3.64. The summed E-state index contributed by atoms with van der Waals surface area (Å²) in [6, 6.07) is 6.00. The highest BCUT2D eigenvalue weighted by Gasteiger charge is 2.31. The highest BCUT2D eigenvalue weighted by atomic mass is 35.5. The Kier molecular flexibility index (Phi) is 6.67. The molecule has 1 saturated heterocycles. The normalized spacial score (nSPS) is 22.0. The molecule has 0 radical (unpaired) electrons. The van der Waals surface area contributed by atoms with Crippen LogP contribution in [0.25, 0.3) is 0 Å². The molecule has 1 aliphatic rings. The second-order valence-electron chi connectivity index (χ2n) is 5.28. The van der Waals surface area contributed by atoms with Crippen LogP contribution in [0.2, 0.25) is 5.02 Å². The number of hydrogen-bond donors (Lipinski definition) is 1. The Bertz CT molecular complexity index is 619. The number of nitrogens with zero attached hydrogens (tertiary/aromatic N) is 1. The van der Waals surface area contributed by atoms with Gasteiger partial charge in [-0.3, -0.25) is 4.79 Å². The van der Waals surface area contributed by atoms with Gasteiger partial charge in [0.2, 0.25) is 5.91 Å². The molecule has 1 fully saturated rings. The smallest absolute Gasteiger partial charge is 0.238 e. The molecular weight excluding hydrogens is 347 g/mol. The van der Waals surface area contributed by atoms with Crippen LogP contribution in [-0.4, -0.2) is 50.2 Å². The van der Waals surface area contributed by atoms with Crippen molar-refractivity contribution < 1.29 is 13.2 Å². The van der Waals surface area contributed by atoms with E-state index in [9.17, 15) is 13.2 Å². The first kappa shape index (κ1) is 19.2. The zero-order chi connectivity index (χ0) is 15.6. The molecule has 1 amide bonds. The van der Waals surface area contributed by atoms with Crippen molar-refractivity contribution in [2.75, 3.05) is 18.8 Å². The number of nitrogens with one attached hydrogen (secondary N) is 1. The van der Waals surface area contributed by atoms with E-state index < -0.39 is 15.6 Å². The molecule has 124 valence electrons. The second kappa shape index (κ2) is 7.64. The zero-order valence-electron chi connectivity index (χ0n) is 12.5. The SMILES string of the molecule is CC1NCCN(C(=O)CS(=O)(=O)c2ccc(Cl)cc2)C1C.Cl. The molecule has 1 aromatic rings. The summed E-state index contributed by atoms with van der Waals surface area (Å²) < 4.78 is 24.6. The number of piperazine rings is 1. The van der Waals surface area contributed by atoms with E-state index in [1.165, 1.54) is 24.3 Å². The number of rotatable bonds is 3. The van der Waals surface area contributed by atoms with Gasteiger partial charge in [-0.1, -0.05) is 11.6 Å². The Morgan fingerprint density at radius 3 is 2.50 bits per heavy atom. The van der Waals surface area contributed by atoms with E-state index in [-0.39, 0.29) is 35.3 Å². The average Bonchev–Trinajstić information content (AvgIpc) is 2.41. The summed E-state index contributed by atoms with van der Waals surface area (Å²) in [5.74, 6) is -0.864. The Hall–Kier alpha value is -0.820. The number of benzene rings is 1. The van der Waals surface area contributed by atoms with Crippen LogP contribution in [0.4, 0.5) is 0 Å². The maximum absolute atomic E-state index is 12.3. The lowest BCUT2D eigenvalue weighted by Crippen LogP contribution is -2.58. The Morgan fingerprint density at radius 2 is 1.91 bits per heavy atom. The van der Waals surface area contributed by atoms with Gasteiger partial charge in [-0.05, 0) is 38.1 Å². The van der Waals surface area contributed by atoms with E-state index in [0.717, 1.165) is 0 Å². The molecule has 1 heterocycles. The van der Waals surface area contributed by atoms with Gasteiger partial charge in [0.1, 0.15) is 5.75 Å². The molecule has 22 heavy (non-hydrogen) atoms. The number of hydrogen-bond acceptors (Lipinski definition) is 4. The van der Waals surface area contributed by atoms with Crippen LogP contribution in [0.1, 0.15) is 13.8 Å². The monoisotopic (exact) mass is 366 g/mol. The number of carbonyl (C=O) groups is 1. The predicted molar refractivity (Wildman–Crippen MR) is 89.4 cm³/mol. The van der Waals surface area contributed by atoms with E-state index in [2.05, 4.69) is 5.32 Å². The summed E-state index contributed by atoms with van der Waals surface area (Å²) in [4.78, 5) is 14.1. The van der Waals surface area contributed by atoms with E-state index in [1.807, 2.05) is 13.8 Å². The summed E-state index contributed by atoms with van der Waals surface area (Å²) in [6.45, 7) is 5.11. The van der Waals surface area contributed by atoms with Crippen LogP contribution in [0, 0.1) is 0 Å². The van der Waals surface area contributed by atoms with Gasteiger partial charge in [-0.25, -0.2) is 8.42 Å². The minimum Gasteiger partial charge on any atom is -0.336 e. The lowest BCUT2D eigenvalue weighted by molar-refractivity contribution is -0.132. The maximum atomic E-state index is 12.3. The summed E-state index contributed by atoms with van der Waals surface area (Å²) in [6.07, 6.45) is 0. The van der Waals surface area contributed by atoms with Crippen molar-refractivity contribution in [3.8, 4) is 0 Å². The molecule has 5 nitrogen and oxygen atoms in total. The van der Waals surface area contributed by atoms with Crippen molar-refractivity contribution in [1.82, 2.24) is 10.2 Å². The lowest BCUT2D eigenvalue weighted by atomic mass is 10.1. The van der Waals surface area contributed by atoms with Crippen molar-refractivity contribution in [3.63, 3.8) is 0 Å². The standard InChI is InChI=1S/C14H19ClN2O3S.ClH/c1-10-11(2)17(8-7-16-10)14(18)9-21(19,20)13-5-3-12(15)4-6-13;/h3-6,10-11,16H,7-9H2,1-2H3;1H. The molecule has 0 saturated carbocycles. The van der Waals surface area contributed by atoms with Gasteiger partial charge in [0.05, 0.1) is 4.90 Å². The summed E-state index contributed by atoms with van der Waals surface area (Å²) in [5, 5.41) is 3.72. The van der Waals surface area contributed by atoms with E-state index >= 15 is 0 Å². The van der Waals surface area contributed by atoms with Gasteiger partial charge in [-0.2, -0.15) is 0 Å². The molecule has 0 spiro atoms. The number of sulfone groups is 1.